The van der Waals surface area contributed by atoms with Gasteiger partial charge in [0.05, 0.1) is 5.69 Å². The second kappa shape index (κ2) is 3.21. The number of anilines is 1. The lowest BCUT2D eigenvalue weighted by Gasteiger charge is -2.35. The van der Waals surface area contributed by atoms with Crippen LogP contribution in [0.15, 0.2) is 0 Å². The predicted octanol–water partition coefficient (Wildman–Crippen LogP) is 1.51. The van der Waals surface area contributed by atoms with Gasteiger partial charge in [-0.05, 0) is 32.2 Å². The molecule has 0 aromatic carbocycles. The first-order valence-electron chi connectivity index (χ1n) is 5.33. The molecule has 14 heavy (non-hydrogen) atoms. The van der Waals surface area contributed by atoms with Crippen LogP contribution in [0.1, 0.15) is 35.8 Å². The summed E-state index contributed by atoms with van der Waals surface area (Å²) in [6.45, 7) is 1.18. The number of rotatable bonds is 0. The van der Waals surface area contributed by atoms with Gasteiger partial charge in [0, 0.05) is 16.8 Å². The molecule has 1 aliphatic carbocycles. The molecule has 3 nitrogen and oxygen atoms in total. The summed E-state index contributed by atoms with van der Waals surface area (Å²) in [6, 6.07) is 0.665. The standard InChI is InChI=1S/C10H15N3S/c11-10-13-9-6-2-1-5-12-7(6)3-4-8(9)14-10/h6-7,12H,1-5H2,(H2,11,13)/t6-,7-/m0/s1. The molecule has 1 saturated heterocycles. The van der Waals surface area contributed by atoms with Crippen LogP contribution in [0.3, 0.4) is 0 Å². The summed E-state index contributed by atoms with van der Waals surface area (Å²) in [5.74, 6) is 0.640. The zero-order valence-corrected chi connectivity index (χ0v) is 8.94. The number of nitrogens with zero attached hydrogens (tertiary/aromatic N) is 1. The minimum atomic E-state index is 0.640. The molecule has 1 aromatic rings. The van der Waals surface area contributed by atoms with Crippen LogP contribution in [0.4, 0.5) is 5.13 Å². The van der Waals surface area contributed by atoms with E-state index in [1.54, 1.807) is 11.3 Å². The minimum absolute atomic E-state index is 0.640. The number of fused-ring (bicyclic) bond motifs is 3. The number of piperidine rings is 1. The zero-order chi connectivity index (χ0) is 9.54. The fourth-order valence-electron chi connectivity index (χ4n) is 2.72. The SMILES string of the molecule is Nc1nc2c(s1)CC[C@@H]1NCCC[C@H]21. The molecule has 0 unspecified atom stereocenters. The van der Waals surface area contributed by atoms with E-state index in [-0.39, 0.29) is 0 Å². The molecule has 0 bridgehead atoms. The van der Waals surface area contributed by atoms with Crippen LogP contribution in [-0.4, -0.2) is 17.6 Å². The third-order valence-corrected chi connectivity index (χ3v) is 4.32. The summed E-state index contributed by atoms with van der Waals surface area (Å²) in [5, 5.41) is 4.35. The van der Waals surface area contributed by atoms with Crippen LogP contribution < -0.4 is 11.1 Å². The Kier molecular flexibility index (Phi) is 1.99. The summed E-state index contributed by atoms with van der Waals surface area (Å²) in [5.41, 5.74) is 7.07. The van der Waals surface area contributed by atoms with Crippen LogP contribution in [0, 0.1) is 0 Å². The average Bonchev–Trinajstić information content (AvgIpc) is 2.59. The van der Waals surface area contributed by atoms with E-state index in [2.05, 4.69) is 10.3 Å². The molecule has 2 atom stereocenters. The predicted molar refractivity (Wildman–Crippen MR) is 58.6 cm³/mol. The maximum Gasteiger partial charge on any atom is 0.180 e. The van der Waals surface area contributed by atoms with E-state index < -0.39 is 0 Å². The smallest absolute Gasteiger partial charge is 0.180 e. The van der Waals surface area contributed by atoms with Crippen molar-refractivity contribution in [2.75, 3.05) is 12.3 Å². The molecular formula is C10H15N3S. The Morgan fingerprint density at radius 2 is 2.36 bits per heavy atom. The Hall–Kier alpha value is -0.610. The van der Waals surface area contributed by atoms with Crippen LogP contribution in [-0.2, 0) is 6.42 Å². The van der Waals surface area contributed by atoms with Gasteiger partial charge in [-0.1, -0.05) is 0 Å². The molecule has 2 heterocycles. The molecule has 4 heteroatoms. The second-order valence-corrected chi connectivity index (χ2v) is 5.32. The second-order valence-electron chi connectivity index (χ2n) is 4.21. The minimum Gasteiger partial charge on any atom is -0.375 e. The summed E-state index contributed by atoms with van der Waals surface area (Å²) >= 11 is 1.68. The quantitative estimate of drug-likeness (QED) is 0.681. The Bertz CT molecular complexity index is 347. The van der Waals surface area contributed by atoms with Crippen molar-refractivity contribution in [3.63, 3.8) is 0 Å². The number of nitrogens with one attached hydrogen (secondary N) is 1. The first kappa shape index (κ1) is 8.68. The topological polar surface area (TPSA) is 50.9 Å². The monoisotopic (exact) mass is 209 g/mol. The Morgan fingerprint density at radius 1 is 1.43 bits per heavy atom. The highest BCUT2D eigenvalue weighted by molar-refractivity contribution is 7.15. The third kappa shape index (κ3) is 1.25. The van der Waals surface area contributed by atoms with Crippen LogP contribution in [0.2, 0.25) is 0 Å². The Balaban J connectivity index is 1.98. The maximum absolute atomic E-state index is 5.77. The fraction of sp³-hybridized carbons (Fsp3) is 0.700. The highest BCUT2D eigenvalue weighted by atomic mass is 32.1. The molecule has 1 aliphatic heterocycles. The van der Waals surface area contributed by atoms with Gasteiger partial charge in [-0.25, -0.2) is 4.98 Å². The van der Waals surface area contributed by atoms with Gasteiger partial charge in [0.1, 0.15) is 0 Å². The molecule has 0 amide bonds. The van der Waals surface area contributed by atoms with E-state index in [9.17, 15) is 0 Å². The lowest BCUT2D eigenvalue weighted by Crippen LogP contribution is -2.42. The maximum atomic E-state index is 5.77. The third-order valence-electron chi connectivity index (χ3n) is 3.36. The number of hydrogen-bond donors (Lipinski definition) is 2. The summed E-state index contributed by atoms with van der Waals surface area (Å²) in [4.78, 5) is 5.93. The van der Waals surface area contributed by atoms with Gasteiger partial charge in [0.25, 0.3) is 0 Å². The van der Waals surface area contributed by atoms with Crippen molar-refractivity contribution in [2.24, 2.45) is 0 Å². The normalized spacial score (nSPS) is 30.9. The van der Waals surface area contributed by atoms with Crippen LogP contribution in [0.25, 0.3) is 0 Å². The van der Waals surface area contributed by atoms with Crippen molar-refractivity contribution >= 4 is 16.5 Å². The van der Waals surface area contributed by atoms with Gasteiger partial charge in [0.2, 0.25) is 0 Å². The number of nitrogens with two attached hydrogens (primary N) is 1. The number of hydrogen-bond acceptors (Lipinski definition) is 4. The Morgan fingerprint density at radius 3 is 3.29 bits per heavy atom. The first-order valence-corrected chi connectivity index (χ1v) is 6.14. The molecule has 3 rings (SSSR count). The molecule has 0 radical (unpaired) electrons. The highest BCUT2D eigenvalue weighted by Crippen LogP contribution is 2.39. The average molecular weight is 209 g/mol. The van der Waals surface area contributed by atoms with Crippen molar-refractivity contribution in [3.05, 3.63) is 10.6 Å². The lowest BCUT2D eigenvalue weighted by molar-refractivity contribution is 0.316. The zero-order valence-electron chi connectivity index (χ0n) is 8.12. The van der Waals surface area contributed by atoms with Crippen molar-refractivity contribution in [2.45, 2.75) is 37.6 Å². The van der Waals surface area contributed by atoms with E-state index in [1.165, 1.54) is 42.8 Å². The van der Waals surface area contributed by atoms with E-state index in [0.29, 0.717) is 12.0 Å². The largest absolute Gasteiger partial charge is 0.375 e. The molecule has 76 valence electrons. The van der Waals surface area contributed by atoms with Gasteiger partial charge in [-0.3, -0.25) is 0 Å². The van der Waals surface area contributed by atoms with Crippen molar-refractivity contribution < 1.29 is 0 Å². The van der Waals surface area contributed by atoms with Gasteiger partial charge in [-0.15, -0.1) is 11.3 Å². The molecular weight excluding hydrogens is 194 g/mol. The first-order chi connectivity index (χ1) is 6.84. The number of aryl methyl sites for hydroxylation is 1. The van der Waals surface area contributed by atoms with Gasteiger partial charge >= 0.3 is 0 Å². The number of thiazole rings is 1. The summed E-state index contributed by atoms with van der Waals surface area (Å²) in [6.07, 6.45) is 4.99. The van der Waals surface area contributed by atoms with E-state index in [0.717, 1.165) is 5.13 Å². The van der Waals surface area contributed by atoms with Crippen LogP contribution >= 0.6 is 11.3 Å². The molecule has 1 aromatic heterocycles. The highest BCUT2D eigenvalue weighted by Gasteiger charge is 2.33. The molecule has 3 N–H and O–H groups in total. The summed E-state index contributed by atoms with van der Waals surface area (Å²) < 4.78 is 0. The van der Waals surface area contributed by atoms with E-state index in [1.807, 2.05) is 0 Å². The van der Waals surface area contributed by atoms with Crippen LogP contribution in [0.5, 0.6) is 0 Å². The number of aromatic nitrogens is 1. The van der Waals surface area contributed by atoms with Gasteiger partial charge in [0.15, 0.2) is 5.13 Å². The molecule has 0 saturated carbocycles. The van der Waals surface area contributed by atoms with Gasteiger partial charge < -0.3 is 11.1 Å². The van der Waals surface area contributed by atoms with Gasteiger partial charge in [-0.2, -0.15) is 0 Å². The Labute approximate surface area is 87.7 Å². The molecule has 2 aliphatic rings. The van der Waals surface area contributed by atoms with E-state index >= 15 is 0 Å². The van der Waals surface area contributed by atoms with E-state index in [4.69, 9.17) is 5.73 Å². The lowest BCUT2D eigenvalue weighted by atomic mass is 9.81. The molecule has 1 fully saturated rings. The van der Waals surface area contributed by atoms with Crippen molar-refractivity contribution in [1.29, 1.82) is 0 Å². The van der Waals surface area contributed by atoms with Crippen molar-refractivity contribution in [1.82, 2.24) is 10.3 Å². The van der Waals surface area contributed by atoms with Crippen molar-refractivity contribution in [3.8, 4) is 0 Å². The number of nitrogen functional groups attached to an aromatic ring is 1. The molecule has 0 spiro atoms. The fourth-order valence-corrected chi connectivity index (χ4v) is 3.64. The summed E-state index contributed by atoms with van der Waals surface area (Å²) in [7, 11) is 0.